The Labute approximate surface area is 75.6 Å². The summed E-state index contributed by atoms with van der Waals surface area (Å²) >= 11 is 1.20. The number of nitrogens with two attached hydrogens (primary N) is 2. The largest absolute Gasteiger partial charge is 0.379 e. The topological polar surface area (TPSA) is 93.0 Å². The number of primary amides is 1. The van der Waals surface area contributed by atoms with Gasteiger partial charge in [-0.2, -0.15) is 0 Å². The molecule has 0 radical (unpaired) electrons. The van der Waals surface area contributed by atoms with Gasteiger partial charge in [0.2, 0.25) is 5.91 Å². The van der Waals surface area contributed by atoms with Gasteiger partial charge in [0.25, 0.3) is 0 Å². The highest BCUT2D eigenvalue weighted by Gasteiger charge is 2.34. The molecule has 4 nitrogen and oxygen atoms in total. The third-order valence-electron chi connectivity index (χ3n) is 1.97. The van der Waals surface area contributed by atoms with Gasteiger partial charge in [-0.3, -0.25) is 10.2 Å². The maximum absolute atomic E-state index is 10.9. The van der Waals surface area contributed by atoms with E-state index >= 15 is 0 Å². The summed E-state index contributed by atoms with van der Waals surface area (Å²) < 4.78 is 0. The highest BCUT2D eigenvalue weighted by molar-refractivity contribution is 8.13. The number of nitrogens with one attached hydrogen (secondary N) is 1. The Morgan fingerprint density at radius 1 is 1.58 bits per heavy atom. The molecule has 0 heterocycles. The van der Waals surface area contributed by atoms with Crippen molar-refractivity contribution in [3.05, 3.63) is 0 Å². The lowest BCUT2D eigenvalue weighted by Gasteiger charge is -2.09. The van der Waals surface area contributed by atoms with E-state index in [1.807, 2.05) is 0 Å². The number of carbonyl (C=O) groups is 1. The summed E-state index contributed by atoms with van der Waals surface area (Å²) in [4.78, 5) is 10.9. The van der Waals surface area contributed by atoms with E-state index in [1.165, 1.54) is 11.8 Å². The summed E-state index contributed by atoms with van der Waals surface area (Å²) in [5, 5.41) is 7.04. The fraction of sp³-hybridized carbons (Fsp3) is 0.714. The Balaban J connectivity index is 2.33. The van der Waals surface area contributed by atoms with Crippen LogP contribution in [0, 0.1) is 17.2 Å². The number of amides is 1. The Kier molecular flexibility index (Phi) is 2.97. The van der Waals surface area contributed by atoms with Gasteiger partial charge in [0.1, 0.15) is 0 Å². The molecular formula is C7H13N3OS. The minimum absolute atomic E-state index is 0.0573. The van der Waals surface area contributed by atoms with Crippen LogP contribution in [0.15, 0.2) is 0 Å². The van der Waals surface area contributed by atoms with E-state index < -0.39 is 0 Å². The van der Waals surface area contributed by atoms with Crippen molar-refractivity contribution in [1.29, 1.82) is 5.41 Å². The van der Waals surface area contributed by atoms with Crippen molar-refractivity contribution >= 4 is 22.8 Å². The smallest absolute Gasteiger partial charge is 0.221 e. The predicted octanol–water partition coefficient (Wildman–Crippen LogP) is 0.125. The van der Waals surface area contributed by atoms with E-state index in [0.717, 1.165) is 12.8 Å². The summed E-state index contributed by atoms with van der Waals surface area (Å²) in [6.07, 6.45) is 2.18. The number of amidine groups is 1. The average Bonchev–Trinajstić information content (AvgIpc) is 2.69. The Morgan fingerprint density at radius 3 is 2.50 bits per heavy atom. The normalized spacial score (nSPS) is 18.7. The van der Waals surface area contributed by atoms with Gasteiger partial charge < -0.3 is 11.5 Å². The van der Waals surface area contributed by atoms with E-state index in [2.05, 4.69) is 0 Å². The van der Waals surface area contributed by atoms with Crippen LogP contribution < -0.4 is 11.5 Å². The van der Waals surface area contributed by atoms with Gasteiger partial charge in [-0.05, 0) is 18.8 Å². The zero-order valence-electron chi connectivity index (χ0n) is 6.75. The average molecular weight is 187 g/mol. The third-order valence-corrected chi connectivity index (χ3v) is 2.81. The van der Waals surface area contributed by atoms with Crippen molar-refractivity contribution in [2.75, 3.05) is 5.75 Å². The molecule has 0 aliphatic heterocycles. The van der Waals surface area contributed by atoms with Crippen LogP contribution in [0.25, 0.3) is 0 Å². The highest BCUT2D eigenvalue weighted by atomic mass is 32.2. The maximum atomic E-state index is 10.9. The number of rotatable bonds is 4. The lowest BCUT2D eigenvalue weighted by atomic mass is 10.1. The van der Waals surface area contributed by atoms with Gasteiger partial charge in [0, 0.05) is 5.75 Å². The Morgan fingerprint density at radius 2 is 2.17 bits per heavy atom. The number of carbonyl (C=O) groups excluding carboxylic acids is 1. The van der Waals surface area contributed by atoms with Crippen molar-refractivity contribution in [1.82, 2.24) is 0 Å². The monoisotopic (exact) mass is 187 g/mol. The molecule has 5 N–H and O–H groups in total. The molecule has 1 fully saturated rings. The van der Waals surface area contributed by atoms with Gasteiger partial charge in [-0.15, -0.1) is 0 Å². The molecule has 1 aliphatic carbocycles. The molecular weight excluding hydrogens is 174 g/mol. The van der Waals surface area contributed by atoms with Crippen molar-refractivity contribution in [2.45, 2.75) is 12.8 Å². The molecule has 0 aromatic carbocycles. The summed E-state index contributed by atoms with van der Waals surface area (Å²) in [5.74, 6) is 0.675. The molecule has 0 saturated heterocycles. The first-order valence-electron chi connectivity index (χ1n) is 3.87. The minimum atomic E-state index is -0.258. The van der Waals surface area contributed by atoms with Crippen LogP contribution in [-0.4, -0.2) is 16.8 Å². The van der Waals surface area contributed by atoms with Crippen molar-refractivity contribution < 1.29 is 4.79 Å². The van der Waals surface area contributed by atoms with E-state index in [1.54, 1.807) is 0 Å². The van der Waals surface area contributed by atoms with E-state index in [4.69, 9.17) is 16.9 Å². The molecule has 1 atom stereocenters. The Bertz CT molecular complexity index is 203. The standard InChI is InChI=1S/C7H13N3OS/c8-6(11)5(4-1-2-4)3-12-7(9)10/h4-5H,1-3H2,(H2,8,11)(H3,9,10). The third kappa shape index (κ3) is 2.73. The van der Waals surface area contributed by atoms with Crippen LogP contribution in [0.2, 0.25) is 0 Å². The van der Waals surface area contributed by atoms with Gasteiger partial charge in [-0.25, -0.2) is 0 Å². The molecule has 0 spiro atoms. The van der Waals surface area contributed by atoms with Crippen LogP contribution >= 0.6 is 11.8 Å². The summed E-state index contributed by atoms with van der Waals surface area (Å²) in [6, 6.07) is 0. The molecule has 1 aliphatic rings. The second-order valence-corrected chi connectivity index (χ2v) is 4.08. The predicted molar refractivity (Wildman–Crippen MR) is 49.8 cm³/mol. The summed E-state index contributed by atoms with van der Waals surface area (Å²) in [6.45, 7) is 0. The number of hydrogen-bond acceptors (Lipinski definition) is 3. The van der Waals surface area contributed by atoms with Gasteiger partial charge in [0.15, 0.2) is 5.17 Å². The van der Waals surface area contributed by atoms with Crippen LogP contribution in [0.1, 0.15) is 12.8 Å². The van der Waals surface area contributed by atoms with Gasteiger partial charge >= 0.3 is 0 Å². The van der Waals surface area contributed by atoms with Crippen LogP contribution in [0.3, 0.4) is 0 Å². The first-order chi connectivity index (χ1) is 5.61. The minimum Gasteiger partial charge on any atom is -0.379 e. The second-order valence-electron chi connectivity index (χ2n) is 3.02. The molecule has 1 rings (SSSR count). The lowest BCUT2D eigenvalue weighted by molar-refractivity contribution is -0.121. The van der Waals surface area contributed by atoms with Crippen molar-refractivity contribution in [2.24, 2.45) is 23.3 Å². The first kappa shape index (κ1) is 9.38. The quantitative estimate of drug-likeness (QED) is 0.431. The molecule has 68 valence electrons. The lowest BCUT2D eigenvalue weighted by Crippen LogP contribution is -2.27. The van der Waals surface area contributed by atoms with Gasteiger partial charge in [-0.1, -0.05) is 11.8 Å². The number of thioether (sulfide) groups is 1. The fourth-order valence-electron chi connectivity index (χ4n) is 1.13. The summed E-state index contributed by atoms with van der Waals surface area (Å²) in [7, 11) is 0. The van der Waals surface area contributed by atoms with E-state index in [0.29, 0.717) is 11.7 Å². The first-order valence-corrected chi connectivity index (χ1v) is 4.86. The zero-order chi connectivity index (χ0) is 9.14. The molecule has 0 bridgehead atoms. The van der Waals surface area contributed by atoms with Crippen LogP contribution in [-0.2, 0) is 4.79 Å². The fourth-order valence-corrected chi connectivity index (χ4v) is 1.92. The molecule has 1 amide bonds. The SMILES string of the molecule is N=C(N)SCC(C(N)=O)C1CC1. The Hall–Kier alpha value is -0.710. The maximum Gasteiger partial charge on any atom is 0.221 e. The highest BCUT2D eigenvalue weighted by Crippen LogP contribution is 2.38. The van der Waals surface area contributed by atoms with Crippen molar-refractivity contribution in [3.63, 3.8) is 0 Å². The van der Waals surface area contributed by atoms with Crippen LogP contribution in [0.5, 0.6) is 0 Å². The second kappa shape index (κ2) is 3.80. The van der Waals surface area contributed by atoms with Gasteiger partial charge in [0.05, 0.1) is 5.92 Å². The number of hydrogen-bond donors (Lipinski definition) is 3. The van der Waals surface area contributed by atoms with Crippen LogP contribution in [0.4, 0.5) is 0 Å². The molecule has 0 aromatic rings. The van der Waals surface area contributed by atoms with Crippen molar-refractivity contribution in [3.8, 4) is 0 Å². The zero-order valence-corrected chi connectivity index (χ0v) is 7.56. The molecule has 1 unspecified atom stereocenters. The molecule has 1 saturated carbocycles. The summed E-state index contributed by atoms with van der Waals surface area (Å²) in [5.41, 5.74) is 10.4. The molecule has 0 aromatic heterocycles. The van der Waals surface area contributed by atoms with E-state index in [9.17, 15) is 4.79 Å². The molecule has 5 heteroatoms. The van der Waals surface area contributed by atoms with E-state index in [-0.39, 0.29) is 17.0 Å². The molecule has 12 heavy (non-hydrogen) atoms.